The van der Waals surface area contributed by atoms with Gasteiger partial charge in [0.15, 0.2) is 0 Å². The summed E-state index contributed by atoms with van der Waals surface area (Å²) in [7, 11) is 0. The Labute approximate surface area is 91.6 Å². The molecule has 0 heteroatoms. The first-order valence-electron chi connectivity index (χ1n) is 5.37. The average molecular weight is 195 g/mol. The molecule has 1 radical (unpaired) electrons. The second kappa shape index (κ2) is 4.31. The molecule has 0 aliphatic carbocycles. The number of rotatable bonds is 2. The minimum atomic E-state index is 1.05. The van der Waals surface area contributed by atoms with Gasteiger partial charge in [-0.1, -0.05) is 48.9 Å². The Kier molecular flexibility index (Phi) is 2.86. The Hall–Kier alpha value is -1.56. The summed E-state index contributed by atoms with van der Waals surface area (Å²) in [6.45, 7) is 4.27. The zero-order valence-electron chi connectivity index (χ0n) is 9.25. The van der Waals surface area contributed by atoms with Crippen LogP contribution < -0.4 is 0 Å². The van der Waals surface area contributed by atoms with Crippen molar-refractivity contribution in [1.29, 1.82) is 0 Å². The van der Waals surface area contributed by atoms with Crippen molar-refractivity contribution >= 4 is 0 Å². The number of aryl methyl sites for hydroxylation is 2. The van der Waals surface area contributed by atoms with Crippen LogP contribution in [0.25, 0.3) is 11.1 Å². The smallest absolute Gasteiger partial charge is 0.0143 e. The minimum absolute atomic E-state index is 1.05. The fourth-order valence-corrected chi connectivity index (χ4v) is 1.68. The molecule has 0 saturated carbocycles. The van der Waals surface area contributed by atoms with E-state index >= 15 is 0 Å². The average Bonchev–Trinajstić information content (AvgIpc) is 2.29. The number of hydrogen-bond acceptors (Lipinski definition) is 0. The largest absolute Gasteiger partial charge is 0.0614 e. The third kappa shape index (κ3) is 2.27. The van der Waals surface area contributed by atoms with E-state index in [0.717, 1.165) is 6.42 Å². The summed E-state index contributed by atoms with van der Waals surface area (Å²) in [4.78, 5) is 0. The highest BCUT2D eigenvalue weighted by Gasteiger charge is 1.97. The third-order valence-corrected chi connectivity index (χ3v) is 2.61. The fourth-order valence-electron chi connectivity index (χ4n) is 1.68. The Morgan fingerprint density at radius 2 is 1.93 bits per heavy atom. The van der Waals surface area contributed by atoms with Gasteiger partial charge in [0.1, 0.15) is 0 Å². The van der Waals surface area contributed by atoms with Gasteiger partial charge in [-0.05, 0) is 42.2 Å². The van der Waals surface area contributed by atoms with E-state index in [1.54, 1.807) is 0 Å². The topological polar surface area (TPSA) is 0 Å². The van der Waals surface area contributed by atoms with Gasteiger partial charge >= 0.3 is 0 Å². The number of hydrogen-bond donors (Lipinski definition) is 0. The zero-order valence-corrected chi connectivity index (χ0v) is 9.25. The van der Waals surface area contributed by atoms with Gasteiger partial charge in [-0.25, -0.2) is 0 Å². The van der Waals surface area contributed by atoms with Crippen LogP contribution in [0, 0.1) is 13.0 Å². The fraction of sp³-hybridized carbons (Fsp3) is 0.200. The SMILES string of the molecule is CCc1[c]cc(-c2cccc(C)c2)cc1. The summed E-state index contributed by atoms with van der Waals surface area (Å²) in [5, 5.41) is 0. The Balaban J connectivity index is 2.37. The van der Waals surface area contributed by atoms with Gasteiger partial charge in [0.2, 0.25) is 0 Å². The molecule has 2 rings (SSSR count). The molecule has 2 aromatic rings. The standard InChI is InChI=1S/C15H15/c1-3-13-7-9-14(10-8-13)15-6-4-5-12(2)11-15/h4-7,9-11H,3H2,1-2H3. The van der Waals surface area contributed by atoms with Gasteiger partial charge in [0, 0.05) is 0 Å². The van der Waals surface area contributed by atoms with Gasteiger partial charge in [-0.15, -0.1) is 0 Å². The van der Waals surface area contributed by atoms with Gasteiger partial charge in [0.05, 0.1) is 0 Å². The summed E-state index contributed by atoms with van der Waals surface area (Å²) in [6, 6.07) is 18.3. The van der Waals surface area contributed by atoms with Crippen LogP contribution in [-0.2, 0) is 6.42 Å². The molecule has 0 heterocycles. The molecule has 0 aromatic heterocycles. The van der Waals surface area contributed by atoms with Crippen LogP contribution in [-0.4, -0.2) is 0 Å². The van der Waals surface area contributed by atoms with Gasteiger partial charge in [-0.2, -0.15) is 0 Å². The Morgan fingerprint density at radius 1 is 1.07 bits per heavy atom. The highest BCUT2D eigenvalue weighted by Crippen LogP contribution is 2.20. The van der Waals surface area contributed by atoms with E-state index in [1.807, 2.05) is 0 Å². The van der Waals surface area contributed by atoms with Gasteiger partial charge in [-0.3, -0.25) is 0 Å². The van der Waals surface area contributed by atoms with Crippen molar-refractivity contribution in [2.75, 3.05) is 0 Å². The highest BCUT2D eigenvalue weighted by atomic mass is 14.0. The van der Waals surface area contributed by atoms with E-state index in [1.165, 1.54) is 22.3 Å². The first kappa shape index (κ1) is 9.97. The van der Waals surface area contributed by atoms with Crippen molar-refractivity contribution in [3.8, 4) is 11.1 Å². The molecule has 0 spiro atoms. The maximum absolute atomic E-state index is 3.30. The van der Waals surface area contributed by atoms with Gasteiger partial charge in [0.25, 0.3) is 0 Å². The van der Waals surface area contributed by atoms with Crippen LogP contribution in [0.5, 0.6) is 0 Å². The molecule has 75 valence electrons. The molecule has 2 aromatic carbocycles. The third-order valence-electron chi connectivity index (χ3n) is 2.61. The van der Waals surface area contributed by atoms with Crippen LogP contribution in [0.1, 0.15) is 18.1 Å². The maximum atomic E-state index is 3.30. The van der Waals surface area contributed by atoms with Gasteiger partial charge < -0.3 is 0 Å². The van der Waals surface area contributed by atoms with E-state index in [-0.39, 0.29) is 0 Å². The zero-order chi connectivity index (χ0) is 10.7. The van der Waals surface area contributed by atoms with E-state index in [0.29, 0.717) is 0 Å². The lowest BCUT2D eigenvalue weighted by Crippen LogP contribution is -1.82. The molecular formula is C15H15. The quantitative estimate of drug-likeness (QED) is 0.678. The lowest BCUT2D eigenvalue weighted by Gasteiger charge is -2.03. The van der Waals surface area contributed by atoms with Crippen LogP contribution in [0.15, 0.2) is 42.5 Å². The lowest BCUT2D eigenvalue weighted by molar-refractivity contribution is 1.14. The molecule has 0 bridgehead atoms. The molecule has 0 atom stereocenters. The molecule has 0 aliphatic heterocycles. The first-order chi connectivity index (χ1) is 7.29. The Bertz CT molecular complexity index is 438. The summed E-state index contributed by atoms with van der Waals surface area (Å²) in [5.41, 5.74) is 5.09. The van der Waals surface area contributed by atoms with Crippen LogP contribution >= 0.6 is 0 Å². The summed E-state index contributed by atoms with van der Waals surface area (Å²) in [5.74, 6) is 0. The molecule has 0 aliphatic rings. The molecule has 0 saturated heterocycles. The molecule has 0 N–H and O–H groups in total. The number of benzene rings is 2. The first-order valence-corrected chi connectivity index (χ1v) is 5.37. The molecule has 0 fully saturated rings. The van der Waals surface area contributed by atoms with E-state index < -0.39 is 0 Å². The summed E-state index contributed by atoms with van der Waals surface area (Å²) in [6.07, 6.45) is 1.05. The second-order valence-corrected chi connectivity index (χ2v) is 3.83. The maximum Gasteiger partial charge on any atom is -0.0143 e. The lowest BCUT2D eigenvalue weighted by atomic mass is 10.0. The molecular weight excluding hydrogens is 180 g/mol. The van der Waals surface area contributed by atoms with Crippen molar-refractivity contribution in [2.24, 2.45) is 0 Å². The monoisotopic (exact) mass is 195 g/mol. The van der Waals surface area contributed by atoms with Crippen LogP contribution in [0.2, 0.25) is 0 Å². The predicted molar refractivity (Wildman–Crippen MR) is 64.8 cm³/mol. The molecule has 15 heavy (non-hydrogen) atoms. The summed E-state index contributed by atoms with van der Waals surface area (Å²) < 4.78 is 0. The molecule has 0 amide bonds. The second-order valence-electron chi connectivity index (χ2n) is 3.83. The van der Waals surface area contributed by atoms with E-state index in [9.17, 15) is 0 Å². The summed E-state index contributed by atoms with van der Waals surface area (Å²) >= 11 is 0. The highest BCUT2D eigenvalue weighted by molar-refractivity contribution is 5.64. The molecule has 0 nitrogen and oxygen atoms in total. The normalized spacial score (nSPS) is 10.3. The van der Waals surface area contributed by atoms with Crippen LogP contribution in [0.4, 0.5) is 0 Å². The molecule has 0 unspecified atom stereocenters. The van der Waals surface area contributed by atoms with Crippen molar-refractivity contribution in [3.05, 3.63) is 59.7 Å². The van der Waals surface area contributed by atoms with E-state index in [4.69, 9.17) is 0 Å². The van der Waals surface area contributed by atoms with Crippen molar-refractivity contribution in [3.63, 3.8) is 0 Å². The van der Waals surface area contributed by atoms with Crippen molar-refractivity contribution < 1.29 is 0 Å². The minimum Gasteiger partial charge on any atom is -0.0614 e. The van der Waals surface area contributed by atoms with Crippen LogP contribution in [0.3, 0.4) is 0 Å². The predicted octanol–water partition coefficient (Wildman–Crippen LogP) is 4.02. The Morgan fingerprint density at radius 3 is 2.53 bits per heavy atom. The van der Waals surface area contributed by atoms with Crippen molar-refractivity contribution in [2.45, 2.75) is 20.3 Å². The van der Waals surface area contributed by atoms with E-state index in [2.05, 4.69) is 62.4 Å². The van der Waals surface area contributed by atoms with Crippen molar-refractivity contribution in [1.82, 2.24) is 0 Å².